The Morgan fingerprint density at radius 1 is 0.806 bits per heavy atom. The molecule has 2 aromatic carbocycles. The van der Waals surface area contributed by atoms with Crippen molar-refractivity contribution < 1.29 is 19.8 Å². The Balaban J connectivity index is 2.38. The van der Waals surface area contributed by atoms with Crippen molar-refractivity contribution in [3.05, 3.63) is 59.7 Å². The van der Waals surface area contributed by atoms with Crippen molar-refractivity contribution in [2.75, 3.05) is 0 Å². The number of carboxylic acid groups (broad SMARTS) is 2. The van der Waals surface area contributed by atoms with E-state index in [0.717, 1.165) is 22.3 Å². The summed E-state index contributed by atoms with van der Waals surface area (Å²) >= 11 is 0. The lowest BCUT2D eigenvalue weighted by Gasteiger charge is -2.45. The first-order valence-corrected chi connectivity index (χ1v) is 10.9. The van der Waals surface area contributed by atoms with Crippen LogP contribution >= 0.6 is 0 Å². The molecule has 4 heteroatoms. The van der Waals surface area contributed by atoms with Crippen molar-refractivity contribution in [3.63, 3.8) is 0 Å². The van der Waals surface area contributed by atoms with E-state index in [1.807, 2.05) is 90.1 Å². The van der Waals surface area contributed by atoms with Crippen molar-refractivity contribution in [3.8, 4) is 11.1 Å². The molecule has 0 saturated carbocycles. The Morgan fingerprint density at radius 3 is 1.61 bits per heavy atom. The van der Waals surface area contributed by atoms with E-state index in [4.69, 9.17) is 0 Å². The van der Waals surface area contributed by atoms with Crippen molar-refractivity contribution in [2.45, 2.75) is 60.3 Å². The minimum Gasteiger partial charge on any atom is -0.481 e. The number of carbonyl (C=O) groups is 2. The second-order valence-corrected chi connectivity index (χ2v) is 11.3. The number of aliphatic carboxylic acids is 2. The van der Waals surface area contributed by atoms with Gasteiger partial charge in [-0.2, -0.15) is 0 Å². The molecule has 2 atom stereocenters. The van der Waals surface area contributed by atoms with E-state index in [1.165, 1.54) is 0 Å². The zero-order valence-electron chi connectivity index (χ0n) is 19.4. The van der Waals surface area contributed by atoms with Crippen molar-refractivity contribution >= 4 is 11.9 Å². The van der Waals surface area contributed by atoms with Crippen LogP contribution in [0.25, 0.3) is 11.1 Å². The molecule has 0 saturated heterocycles. The molecule has 0 bridgehead atoms. The average Bonchev–Trinajstić information content (AvgIpc) is 2.97. The third-order valence-corrected chi connectivity index (χ3v) is 6.31. The zero-order chi connectivity index (χ0) is 23.2. The van der Waals surface area contributed by atoms with Crippen molar-refractivity contribution in [2.24, 2.45) is 22.2 Å². The summed E-state index contributed by atoms with van der Waals surface area (Å²) in [5.41, 5.74) is 1.63. The van der Waals surface area contributed by atoms with E-state index in [9.17, 15) is 19.8 Å². The Bertz CT molecular complexity index is 947. The molecule has 0 heterocycles. The van der Waals surface area contributed by atoms with Crippen molar-refractivity contribution in [1.82, 2.24) is 0 Å². The van der Waals surface area contributed by atoms with E-state index >= 15 is 0 Å². The highest BCUT2D eigenvalue weighted by atomic mass is 16.4. The van der Waals surface area contributed by atoms with E-state index < -0.39 is 29.2 Å². The molecule has 1 aliphatic rings. The first-order valence-electron chi connectivity index (χ1n) is 10.9. The average molecular weight is 423 g/mol. The number of rotatable bonds is 6. The Hall–Kier alpha value is -2.62. The fraction of sp³-hybridized carbons (Fsp3) is 0.481. The Kier molecular flexibility index (Phi) is 5.81. The molecule has 3 rings (SSSR count). The predicted octanol–water partition coefficient (Wildman–Crippen LogP) is 6.44. The number of carboxylic acids is 2. The van der Waals surface area contributed by atoms with Crippen molar-refractivity contribution in [1.29, 1.82) is 0 Å². The Morgan fingerprint density at radius 2 is 1.26 bits per heavy atom. The van der Waals surface area contributed by atoms with Crippen LogP contribution in [0.2, 0.25) is 0 Å². The van der Waals surface area contributed by atoms with Crippen LogP contribution in [0.5, 0.6) is 0 Å². The molecule has 0 radical (unpaired) electrons. The molecule has 1 aliphatic carbocycles. The van der Waals surface area contributed by atoms with Crippen LogP contribution < -0.4 is 0 Å². The first-order chi connectivity index (χ1) is 14.3. The SMILES string of the molecule is CC(C)(C)CC(C(=O)O)C(CC(C)(C)C)(C(=O)O)C1c2ccccc2-c2ccccc21. The third kappa shape index (κ3) is 4.26. The fourth-order valence-corrected chi connectivity index (χ4v) is 5.46. The molecule has 2 N–H and O–H groups in total. The summed E-state index contributed by atoms with van der Waals surface area (Å²) in [5, 5.41) is 21.3. The van der Waals surface area contributed by atoms with E-state index in [1.54, 1.807) is 0 Å². The van der Waals surface area contributed by atoms with Gasteiger partial charge in [-0.3, -0.25) is 9.59 Å². The second kappa shape index (κ2) is 7.81. The minimum atomic E-state index is -1.49. The van der Waals surface area contributed by atoms with E-state index in [0.29, 0.717) is 0 Å². The minimum absolute atomic E-state index is 0.260. The van der Waals surface area contributed by atoms with Gasteiger partial charge in [0.15, 0.2) is 0 Å². The third-order valence-electron chi connectivity index (χ3n) is 6.31. The van der Waals surface area contributed by atoms with E-state index in [2.05, 4.69) is 0 Å². The number of hydrogen-bond donors (Lipinski definition) is 2. The molecule has 166 valence electrons. The predicted molar refractivity (Wildman–Crippen MR) is 123 cm³/mol. The lowest BCUT2D eigenvalue weighted by Crippen LogP contribution is -2.50. The highest BCUT2D eigenvalue weighted by Crippen LogP contribution is 2.60. The first kappa shape index (κ1) is 23.1. The monoisotopic (exact) mass is 422 g/mol. The van der Waals surface area contributed by atoms with Crippen LogP contribution in [0.1, 0.15) is 71.4 Å². The molecule has 0 spiro atoms. The van der Waals surface area contributed by atoms with E-state index in [-0.39, 0.29) is 23.7 Å². The quantitative estimate of drug-likeness (QED) is 0.561. The smallest absolute Gasteiger partial charge is 0.311 e. The summed E-state index contributed by atoms with van der Waals surface area (Å²) in [4.78, 5) is 26.0. The van der Waals surface area contributed by atoms with Crippen LogP contribution in [-0.2, 0) is 9.59 Å². The standard InChI is InChI=1S/C27H34O4/c1-25(2,3)15-21(23(28)29)27(24(30)31,16-26(4,5)6)22-19-13-9-7-11-17(19)18-12-8-10-14-20(18)22/h7-14,21-22H,15-16H2,1-6H3,(H,28,29)(H,30,31). The molecule has 0 fully saturated rings. The van der Waals surface area contributed by atoms with Gasteiger partial charge in [0, 0.05) is 5.92 Å². The maximum absolute atomic E-state index is 13.3. The van der Waals surface area contributed by atoms with Crippen LogP contribution in [0, 0.1) is 22.2 Å². The molecule has 2 unspecified atom stereocenters. The molecule has 4 nitrogen and oxygen atoms in total. The Labute approximate surface area is 185 Å². The summed E-state index contributed by atoms with van der Waals surface area (Å²) in [7, 11) is 0. The summed E-state index contributed by atoms with van der Waals surface area (Å²) in [5.74, 6) is -3.63. The summed E-state index contributed by atoms with van der Waals surface area (Å²) in [6.07, 6.45) is 0.543. The van der Waals surface area contributed by atoms with Gasteiger partial charge < -0.3 is 10.2 Å². The van der Waals surface area contributed by atoms with Crippen LogP contribution in [0.4, 0.5) is 0 Å². The van der Waals surface area contributed by atoms with Gasteiger partial charge in [-0.1, -0.05) is 90.1 Å². The van der Waals surface area contributed by atoms with Crippen LogP contribution in [-0.4, -0.2) is 22.2 Å². The zero-order valence-corrected chi connectivity index (χ0v) is 19.4. The topological polar surface area (TPSA) is 74.6 Å². The van der Waals surface area contributed by atoms with Crippen LogP contribution in [0.3, 0.4) is 0 Å². The number of benzene rings is 2. The van der Waals surface area contributed by atoms with Gasteiger partial charge in [0.05, 0.1) is 11.3 Å². The maximum Gasteiger partial charge on any atom is 0.311 e. The lowest BCUT2D eigenvalue weighted by atomic mass is 9.55. The molecular formula is C27H34O4. The molecule has 0 aromatic heterocycles. The van der Waals surface area contributed by atoms with Gasteiger partial charge in [0.1, 0.15) is 0 Å². The molecule has 2 aromatic rings. The summed E-state index contributed by atoms with van der Waals surface area (Å²) < 4.78 is 0. The summed E-state index contributed by atoms with van der Waals surface area (Å²) in [6, 6.07) is 15.7. The number of fused-ring (bicyclic) bond motifs is 3. The van der Waals surface area contributed by atoms with Gasteiger partial charge in [-0.15, -0.1) is 0 Å². The van der Waals surface area contributed by atoms with Gasteiger partial charge in [-0.25, -0.2) is 0 Å². The summed E-state index contributed by atoms with van der Waals surface area (Å²) in [6.45, 7) is 11.9. The van der Waals surface area contributed by atoms with Gasteiger partial charge in [-0.05, 0) is 45.9 Å². The highest BCUT2D eigenvalue weighted by molar-refractivity contribution is 5.89. The number of hydrogen-bond acceptors (Lipinski definition) is 2. The molecule has 0 aliphatic heterocycles. The largest absolute Gasteiger partial charge is 0.481 e. The molecular weight excluding hydrogens is 388 g/mol. The lowest BCUT2D eigenvalue weighted by molar-refractivity contribution is -0.168. The van der Waals surface area contributed by atoms with Gasteiger partial charge in [0.2, 0.25) is 0 Å². The van der Waals surface area contributed by atoms with Gasteiger partial charge >= 0.3 is 11.9 Å². The normalized spacial score (nSPS) is 16.8. The van der Waals surface area contributed by atoms with Crippen LogP contribution in [0.15, 0.2) is 48.5 Å². The second-order valence-electron chi connectivity index (χ2n) is 11.3. The van der Waals surface area contributed by atoms with Gasteiger partial charge in [0.25, 0.3) is 0 Å². The fourth-order valence-electron chi connectivity index (χ4n) is 5.46. The molecule has 31 heavy (non-hydrogen) atoms. The highest BCUT2D eigenvalue weighted by Gasteiger charge is 2.59. The maximum atomic E-state index is 13.3. The molecule has 0 amide bonds.